The van der Waals surface area contributed by atoms with Gasteiger partial charge in [-0.2, -0.15) is 0 Å². The van der Waals surface area contributed by atoms with Crippen molar-refractivity contribution in [1.29, 1.82) is 0 Å². The van der Waals surface area contributed by atoms with Crippen molar-refractivity contribution >= 4 is 0 Å². The van der Waals surface area contributed by atoms with Crippen LogP contribution in [-0.2, 0) is 6.54 Å². The summed E-state index contributed by atoms with van der Waals surface area (Å²) in [6.07, 6.45) is 0. The first-order chi connectivity index (χ1) is 9.78. The monoisotopic (exact) mass is 275 g/mol. The molecule has 0 aliphatic carbocycles. The number of benzene rings is 2. The van der Waals surface area contributed by atoms with Gasteiger partial charge in [0, 0.05) is 18.2 Å². The molecule has 104 valence electrons. The van der Waals surface area contributed by atoms with E-state index < -0.39 is 0 Å². The summed E-state index contributed by atoms with van der Waals surface area (Å²) in [6, 6.07) is 10.0. The fourth-order valence-electron chi connectivity index (χ4n) is 2.05. The first kappa shape index (κ1) is 12.7. The van der Waals surface area contributed by atoms with Gasteiger partial charge in [0.05, 0.1) is 0 Å². The zero-order valence-electron chi connectivity index (χ0n) is 11.0. The predicted octanol–water partition coefficient (Wildman–Crippen LogP) is 3.07. The van der Waals surface area contributed by atoms with Crippen molar-refractivity contribution in [3.8, 4) is 23.0 Å². The molecule has 0 aromatic heterocycles. The van der Waals surface area contributed by atoms with Crippen LogP contribution in [0.15, 0.2) is 36.4 Å². The molecule has 0 saturated heterocycles. The normalized spacial score (nSPS) is 12.5. The second-order valence-electron chi connectivity index (χ2n) is 4.36. The van der Waals surface area contributed by atoms with E-state index in [4.69, 9.17) is 14.2 Å². The molecule has 0 spiro atoms. The fraction of sp³-hybridized carbons (Fsp3) is 0.200. The summed E-state index contributed by atoms with van der Waals surface area (Å²) < 4.78 is 30.1. The van der Waals surface area contributed by atoms with Gasteiger partial charge in [-0.3, -0.25) is 0 Å². The number of halogens is 1. The minimum Gasteiger partial charge on any atom is -0.457 e. The van der Waals surface area contributed by atoms with Crippen LogP contribution in [0.2, 0.25) is 0 Å². The SMILES string of the molecule is CNCc1c(F)cccc1Oc1ccc2c(c1)OCO2. The van der Waals surface area contributed by atoms with E-state index in [0.717, 1.165) is 0 Å². The molecular weight excluding hydrogens is 261 g/mol. The molecule has 1 aliphatic rings. The molecule has 1 N–H and O–H groups in total. The highest BCUT2D eigenvalue weighted by Crippen LogP contribution is 2.37. The lowest BCUT2D eigenvalue weighted by molar-refractivity contribution is 0.174. The maximum absolute atomic E-state index is 13.8. The molecule has 20 heavy (non-hydrogen) atoms. The number of ether oxygens (including phenoxy) is 3. The maximum atomic E-state index is 13.8. The van der Waals surface area contributed by atoms with Gasteiger partial charge in [-0.1, -0.05) is 6.07 Å². The van der Waals surface area contributed by atoms with E-state index >= 15 is 0 Å². The van der Waals surface area contributed by atoms with Crippen molar-refractivity contribution in [2.24, 2.45) is 0 Å². The summed E-state index contributed by atoms with van der Waals surface area (Å²) >= 11 is 0. The van der Waals surface area contributed by atoms with Crippen molar-refractivity contribution in [1.82, 2.24) is 5.32 Å². The Morgan fingerprint density at radius 2 is 2.05 bits per heavy atom. The Bertz CT molecular complexity index is 631. The van der Waals surface area contributed by atoms with Crippen LogP contribution in [0, 0.1) is 5.82 Å². The van der Waals surface area contributed by atoms with Crippen molar-refractivity contribution in [2.75, 3.05) is 13.8 Å². The molecule has 0 fully saturated rings. The minimum absolute atomic E-state index is 0.212. The number of fused-ring (bicyclic) bond motifs is 1. The Balaban J connectivity index is 1.89. The Kier molecular flexibility index (Phi) is 3.43. The molecule has 0 unspecified atom stereocenters. The van der Waals surface area contributed by atoms with Gasteiger partial charge >= 0.3 is 0 Å². The summed E-state index contributed by atoms with van der Waals surface area (Å²) in [4.78, 5) is 0. The maximum Gasteiger partial charge on any atom is 0.231 e. The molecule has 3 rings (SSSR count). The first-order valence-corrected chi connectivity index (χ1v) is 6.27. The van der Waals surface area contributed by atoms with Gasteiger partial charge in [-0.25, -0.2) is 4.39 Å². The van der Waals surface area contributed by atoms with E-state index in [1.807, 2.05) is 0 Å². The first-order valence-electron chi connectivity index (χ1n) is 6.27. The third-order valence-electron chi connectivity index (χ3n) is 3.00. The third kappa shape index (κ3) is 2.40. The summed E-state index contributed by atoms with van der Waals surface area (Å²) in [6.45, 7) is 0.607. The molecule has 2 aromatic rings. The topological polar surface area (TPSA) is 39.7 Å². The van der Waals surface area contributed by atoms with Gasteiger partial charge in [0.1, 0.15) is 17.3 Å². The fourth-order valence-corrected chi connectivity index (χ4v) is 2.05. The average molecular weight is 275 g/mol. The number of nitrogens with one attached hydrogen (secondary N) is 1. The van der Waals surface area contributed by atoms with E-state index in [1.54, 1.807) is 37.4 Å². The van der Waals surface area contributed by atoms with E-state index in [-0.39, 0.29) is 12.6 Å². The molecule has 1 aliphatic heterocycles. The van der Waals surface area contributed by atoms with Gasteiger partial charge in [0.2, 0.25) is 6.79 Å². The highest BCUT2D eigenvalue weighted by atomic mass is 19.1. The van der Waals surface area contributed by atoms with Gasteiger partial charge in [0.15, 0.2) is 11.5 Å². The zero-order valence-corrected chi connectivity index (χ0v) is 11.0. The summed E-state index contributed by atoms with van der Waals surface area (Å²) in [5.41, 5.74) is 0.493. The summed E-state index contributed by atoms with van der Waals surface area (Å²) in [5, 5.41) is 2.93. The van der Waals surface area contributed by atoms with E-state index in [0.29, 0.717) is 35.1 Å². The zero-order chi connectivity index (χ0) is 13.9. The van der Waals surface area contributed by atoms with Crippen molar-refractivity contribution < 1.29 is 18.6 Å². The van der Waals surface area contributed by atoms with E-state index in [9.17, 15) is 4.39 Å². The summed E-state index contributed by atoms with van der Waals surface area (Å²) in [5.74, 6) is 2.09. The van der Waals surface area contributed by atoms with Crippen LogP contribution in [0.5, 0.6) is 23.0 Å². The Morgan fingerprint density at radius 1 is 1.20 bits per heavy atom. The molecule has 0 amide bonds. The van der Waals surface area contributed by atoms with Crippen LogP contribution in [0.25, 0.3) is 0 Å². The van der Waals surface area contributed by atoms with Gasteiger partial charge in [-0.05, 0) is 31.3 Å². The second kappa shape index (κ2) is 5.38. The number of hydrogen-bond donors (Lipinski definition) is 1. The standard InChI is InChI=1S/C15H14FNO3/c1-17-8-11-12(16)3-2-4-13(11)20-10-5-6-14-15(7-10)19-9-18-14/h2-7,17H,8-9H2,1H3. The minimum atomic E-state index is -0.294. The van der Waals surface area contributed by atoms with Crippen LogP contribution < -0.4 is 19.5 Å². The van der Waals surface area contributed by atoms with Crippen molar-refractivity contribution in [3.63, 3.8) is 0 Å². The average Bonchev–Trinajstić information content (AvgIpc) is 2.90. The lowest BCUT2D eigenvalue weighted by Gasteiger charge is -2.12. The molecule has 0 atom stereocenters. The van der Waals surface area contributed by atoms with Crippen LogP contribution in [0.4, 0.5) is 4.39 Å². The quantitative estimate of drug-likeness (QED) is 0.931. The van der Waals surface area contributed by atoms with Crippen LogP contribution >= 0.6 is 0 Å². The van der Waals surface area contributed by atoms with Crippen molar-refractivity contribution in [3.05, 3.63) is 47.8 Å². The van der Waals surface area contributed by atoms with Gasteiger partial charge < -0.3 is 19.5 Å². The van der Waals surface area contributed by atoms with Gasteiger partial charge in [-0.15, -0.1) is 0 Å². The Hall–Kier alpha value is -2.27. The summed E-state index contributed by atoms with van der Waals surface area (Å²) in [7, 11) is 1.76. The van der Waals surface area contributed by atoms with E-state index in [1.165, 1.54) is 6.07 Å². The van der Waals surface area contributed by atoms with Crippen LogP contribution in [0.1, 0.15) is 5.56 Å². The third-order valence-corrected chi connectivity index (χ3v) is 3.00. The Labute approximate surface area is 116 Å². The Morgan fingerprint density at radius 3 is 2.90 bits per heavy atom. The molecule has 0 saturated carbocycles. The largest absolute Gasteiger partial charge is 0.457 e. The molecule has 4 nitrogen and oxygen atoms in total. The van der Waals surface area contributed by atoms with Gasteiger partial charge in [0.25, 0.3) is 0 Å². The number of rotatable bonds is 4. The second-order valence-corrected chi connectivity index (χ2v) is 4.36. The highest BCUT2D eigenvalue weighted by Gasteiger charge is 2.15. The molecule has 5 heteroatoms. The highest BCUT2D eigenvalue weighted by molar-refractivity contribution is 5.48. The lowest BCUT2D eigenvalue weighted by Crippen LogP contribution is -2.08. The van der Waals surface area contributed by atoms with E-state index in [2.05, 4.69) is 5.32 Å². The molecule has 2 aromatic carbocycles. The molecular formula is C15H14FNO3. The molecule has 1 heterocycles. The van der Waals surface area contributed by atoms with Crippen LogP contribution in [-0.4, -0.2) is 13.8 Å². The molecule has 0 radical (unpaired) electrons. The van der Waals surface area contributed by atoms with Crippen LogP contribution in [0.3, 0.4) is 0 Å². The number of hydrogen-bond acceptors (Lipinski definition) is 4. The predicted molar refractivity (Wildman–Crippen MR) is 71.8 cm³/mol. The molecule has 0 bridgehead atoms. The smallest absolute Gasteiger partial charge is 0.231 e. The lowest BCUT2D eigenvalue weighted by atomic mass is 10.2. The van der Waals surface area contributed by atoms with Crippen molar-refractivity contribution in [2.45, 2.75) is 6.54 Å².